The van der Waals surface area contributed by atoms with Gasteiger partial charge in [0, 0.05) is 12.5 Å². The van der Waals surface area contributed by atoms with Crippen molar-refractivity contribution in [2.75, 3.05) is 13.2 Å². The van der Waals surface area contributed by atoms with E-state index in [4.69, 9.17) is 15.2 Å². The van der Waals surface area contributed by atoms with Crippen molar-refractivity contribution in [3.05, 3.63) is 59.7 Å². The third-order valence-electron chi connectivity index (χ3n) is 5.26. The fraction of sp³-hybridized carbons (Fsp3) is 0.440. The molecule has 3 N–H and O–H groups in total. The highest BCUT2D eigenvalue weighted by Gasteiger charge is 2.29. The summed E-state index contributed by atoms with van der Waals surface area (Å²) in [6.07, 6.45) is 1.50. The Hall–Kier alpha value is -2.57. The number of fused-ring (bicyclic) bond motifs is 3. The predicted octanol–water partition coefficient (Wildman–Crippen LogP) is 4.79. The van der Waals surface area contributed by atoms with E-state index in [2.05, 4.69) is 29.6 Å². The number of amides is 1. The van der Waals surface area contributed by atoms with Crippen LogP contribution in [0.15, 0.2) is 48.5 Å². The van der Waals surface area contributed by atoms with Crippen LogP contribution in [0, 0.1) is 0 Å². The Kier molecular flexibility index (Phi) is 9.10. The molecule has 2 aromatic rings. The number of benzene rings is 2. The van der Waals surface area contributed by atoms with Gasteiger partial charge in [-0.2, -0.15) is 0 Å². The van der Waals surface area contributed by atoms with E-state index in [0.29, 0.717) is 32.4 Å². The van der Waals surface area contributed by atoms with Crippen LogP contribution in [0.25, 0.3) is 11.1 Å². The molecule has 0 heterocycles. The molecule has 0 unspecified atom stereocenters. The average molecular weight is 461 g/mol. The number of esters is 1. The van der Waals surface area contributed by atoms with E-state index in [-0.39, 0.29) is 18.3 Å². The van der Waals surface area contributed by atoms with Crippen LogP contribution in [0.3, 0.4) is 0 Å². The third-order valence-corrected chi connectivity index (χ3v) is 5.26. The van der Waals surface area contributed by atoms with Crippen molar-refractivity contribution in [3.63, 3.8) is 0 Å². The molecule has 0 radical (unpaired) electrons. The summed E-state index contributed by atoms with van der Waals surface area (Å²) in [5.74, 6) is -0.345. The molecular formula is C25H33ClN2O4. The Balaban J connectivity index is 0.00000363. The smallest absolute Gasteiger partial charge is 0.407 e. The van der Waals surface area contributed by atoms with Crippen molar-refractivity contribution in [2.45, 2.75) is 57.6 Å². The molecule has 0 fully saturated rings. The van der Waals surface area contributed by atoms with Gasteiger partial charge in [0.05, 0.1) is 0 Å². The first kappa shape index (κ1) is 25.7. The van der Waals surface area contributed by atoms with Gasteiger partial charge in [-0.15, -0.1) is 12.4 Å². The minimum Gasteiger partial charge on any atom is -0.459 e. The zero-order valence-electron chi connectivity index (χ0n) is 18.9. The van der Waals surface area contributed by atoms with Crippen molar-refractivity contribution >= 4 is 24.5 Å². The summed E-state index contributed by atoms with van der Waals surface area (Å²) in [5, 5.41) is 2.78. The summed E-state index contributed by atoms with van der Waals surface area (Å²) in [6, 6.07) is 15.8. The summed E-state index contributed by atoms with van der Waals surface area (Å²) >= 11 is 0. The predicted molar refractivity (Wildman–Crippen MR) is 128 cm³/mol. The van der Waals surface area contributed by atoms with E-state index >= 15 is 0 Å². The third kappa shape index (κ3) is 6.71. The standard InChI is InChI=1S/C25H32N2O4.ClH/c1-25(2,3)31-23(28)22(26)14-8-9-15-27-24(29)30-16-21-19-12-6-4-10-17(19)18-11-5-7-13-20(18)21;/h4-7,10-13,21-22H,8-9,14-16,26H2,1-3H3,(H,27,29);1H/t22-;/m0./s1. The number of unbranched alkanes of at least 4 members (excludes halogenated alkanes) is 1. The molecule has 1 amide bonds. The van der Waals surface area contributed by atoms with Crippen LogP contribution in [0.1, 0.15) is 57.1 Å². The topological polar surface area (TPSA) is 90.6 Å². The quantitative estimate of drug-likeness (QED) is 0.436. The number of carbonyl (C=O) groups excluding carboxylic acids is 2. The Labute approximate surface area is 196 Å². The highest BCUT2D eigenvalue weighted by atomic mass is 35.5. The average Bonchev–Trinajstić information content (AvgIpc) is 3.04. The zero-order chi connectivity index (χ0) is 22.4. The maximum absolute atomic E-state index is 12.2. The first-order chi connectivity index (χ1) is 14.8. The minimum absolute atomic E-state index is 0. The maximum atomic E-state index is 12.2. The van der Waals surface area contributed by atoms with E-state index in [0.717, 1.165) is 0 Å². The lowest BCUT2D eigenvalue weighted by Gasteiger charge is -2.22. The number of nitrogens with one attached hydrogen (secondary N) is 1. The van der Waals surface area contributed by atoms with Gasteiger partial charge in [0.2, 0.25) is 0 Å². The summed E-state index contributed by atoms with van der Waals surface area (Å²) < 4.78 is 10.8. The van der Waals surface area contributed by atoms with Crippen LogP contribution < -0.4 is 11.1 Å². The lowest BCUT2D eigenvalue weighted by atomic mass is 9.98. The second-order valence-electron chi connectivity index (χ2n) is 8.89. The highest BCUT2D eigenvalue weighted by Crippen LogP contribution is 2.44. The molecule has 1 atom stereocenters. The molecule has 0 saturated carbocycles. The van der Waals surface area contributed by atoms with Gasteiger partial charge in [-0.25, -0.2) is 4.79 Å². The molecule has 1 aliphatic rings. The fourth-order valence-corrected chi connectivity index (χ4v) is 3.82. The van der Waals surface area contributed by atoms with Crippen LogP contribution >= 0.6 is 12.4 Å². The van der Waals surface area contributed by atoms with E-state index in [9.17, 15) is 9.59 Å². The number of rotatable bonds is 8. The van der Waals surface area contributed by atoms with Gasteiger partial charge in [-0.1, -0.05) is 48.5 Å². The number of nitrogens with two attached hydrogens (primary N) is 1. The normalized spacial score (nSPS) is 13.4. The van der Waals surface area contributed by atoms with Gasteiger partial charge >= 0.3 is 12.1 Å². The molecule has 2 aromatic carbocycles. The van der Waals surface area contributed by atoms with Crippen LogP contribution in [0.4, 0.5) is 4.79 Å². The van der Waals surface area contributed by atoms with Crippen LogP contribution in [0.5, 0.6) is 0 Å². The largest absolute Gasteiger partial charge is 0.459 e. The van der Waals surface area contributed by atoms with Crippen molar-refractivity contribution < 1.29 is 19.1 Å². The molecular weight excluding hydrogens is 428 g/mol. The minimum atomic E-state index is -0.645. The van der Waals surface area contributed by atoms with Crippen LogP contribution in [0.2, 0.25) is 0 Å². The molecule has 7 heteroatoms. The first-order valence-corrected chi connectivity index (χ1v) is 10.8. The summed E-state index contributed by atoms with van der Waals surface area (Å²) in [5.41, 5.74) is 10.1. The monoisotopic (exact) mass is 460 g/mol. The number of ether oxygens (including phenoxy) is 2. The van der Waals surface area contributed by atoms with Crippen LogP contribution in [-0.4, -0.2) is 36.9 Å². The molecule has 0 bridgehead atoms. The molecule has 3 rings (SSSR count). The SMILES string of the molecule is CC(C)(C)OC(=O)[C@@H](N)CCCCNC(=O)OCC1c2ccccc2-c2ccccc21.Cl. The molecule has 0 saturated heterocycles. The number of alkyl carbamates (subject to hydrolysis) is 1. The highest BCUT2D eigenvalue weighted by molar-refractivity contribution is 5.85. The Bertz CT molecular complexity index is 881. The summed E-state index contributed by atoms with van der Waals surface area (Å²) in [4.78, 5) is 24.0. The van der Waals surface area contributed by atoms with Gasteiger partial charge in [0.25, 0.3) is 0 Å². The summed E-state index contributed by atoms with van der Waals surface area (Å²) in [7, 11) is 0. The molecule has 0 spiro atoms. The first-order valence-electron chi connectivity index (χ1n) is 10.8. The van der Waals surface area contributed by atoms with E-state index in [1.807, 2.05) is 45.0 Å². The number of carbonyl (C=O) groups is 2. The van der Waals surface area contributed by atoms with Crippen molar-refractivity contribution in [3.8, 4) is 11.1 Å². The lowest BCUT2D eigenvalue weighted by Crippen LogP contribution is -2.37. The van der Waals surface area contributed by atoms with E-state index in [1.165, 1.54) is 22.3 Å². The number of halogens is 1. The maximum Gasteiger partial charge on any atom is 0.407 e. The van der Waals surface area contributed by atoms with Gasteiger partial charge in [0.15, 0.2) is 0 Å². The number of hydrogen-bond donors (Lipinski definition) is 2. The van der Waals surface area contributed by atoms with Crippen LogP contribution in [-0.2, 0) is 14.3 Å². The molecule has 174 valence electrons. The second-order valence-corrected chi connectivity index (χ2v) is 8.89. The van der Waals surface area contributed by atoms with Gasteiger partial charge in [-0.05, 0) is 62.3 Å². The second kappa shape index (κ2) is 11.3. The number of hydrogen-bond acceptors (Lipinski definition) is 5. The molecule has 0 aliphatic heterocycles. The Morgan fingerprint density at radius 1 is 1.00 bits per heavy atom. The van der Waals surface area contributed by atoms with Crippen molar-refractivity contribution in [1.82, 2.24) is 5.32 Å². The molecule has 32 heavy (non-hydrogen) atoms. The lowest BCUT2D eigenvalue weighted by molar-refractivity contribution is -0.156. The zero-order valence-corrected chi connectivity index (χ0v) is 19.7. The summed E-state index contributed by atoms with van der Waals surface area (Å²) in [6.45, 7) is 6.21. The van der Waals surface area contributed by atoms with E-state index in [1.54, 1.807) is 0 Å². The Morgan fingerprint density at radius 3 is 2.12 bits per heavy atom. The van der Waals surface area contributed by atoms with E-state index < -0.39 is 23.7 Å². The van der Waals surface area contributed by atoms with Gasteiger partial charge in [-0.3, -0.25) is 4.79 Å². The fourth-order valence-electron chi connectivity index (χ4n) is 3.82. The molecule has 1 aliphatic carbocycles. The van der Waals surface area contributed by atoms with Gasteiger partial charge in [0.1, 0.15) is 18.2 Å². The molecule has 0 aromatic heterocycles. The Morgan fingerprint density at radius 2 is 1.56 bits per heavy atom. The van der Waals surface area contributed by atoms with Crippen molar-refractivity contribution in [2.24, 2.45) is 5.73 Å². The van der Waals surface area contributed by atoms with Crippen molar-refractivity contribution in [1.29, 1.82) is 0 Å². The van der Waals surface area contributed by atoms with Gasteiger partial charge < -0.3 is 20.5 Å². The molecule has 6 nitrogen and oxygen atoms in total.